The van der Waals surface area contributed by atoms with E-state index in [1.54, 1.807) is 29.2 Å². The number of aliphatic imine (C=N–C) groups is 1. The molecule has 2 unspecified atom stereocenters. The maximum absolute atomic E-state index is 12.1. The van der Waals surface area contributed by atoms with Crippen LogP contribution in [0.5, 0.6) is 0 Å². The van der Waals surface area contributed by atoms with Gasteiger partial charge in [0.2, 0.25) is 11.8 Å². The maximum Gasteiger partial charge on any atom is 0.245 e. The minimum absolute atomic E-state index is 0.0736. The van der Waals surface area contributed by atoms with Gasteiger partial charge in [0.25, 0.3) is 0 Å². The normalized spacial score (nSPS) is 20.7. The van der Waals surface area contributed by atoms with Crippen molar-refractivity contribution in [3.8, 4) is 0 Å². The lowest BCUT2D eigenvalue weighted by Crippen LogP contribution is -2.60. The van der Waals surface area contributed by atoms with E-state index in [2.05, 4.69) is 16.9 Å². The quantitative estimate of drug-likeness (QED) is 0.503. The zero-order chi connectivity index (χ0) is 19.6. The highest BCUT2D eigenvalue weighted by molar-refractivity contribution is 6.31. The predicted molar refractivity (Wildman–Crippen MR) is 105 cm³/mol. The van der Waals surface area contributed by atoms with Crippen molar-refractivity contribution in [3.63, 3.8) is 0 Å². The van der Waals surface area contributed by atoms with Crippen molar-refractivity contribution in [2.45, 2.75) is 12.5 Å². The third-order valence-corrected chi connectivity index (χ3v) is 5.27. The van der Waals surface area contributed by atoms with E-state index in [9.17, 15) is 9.59 Å². The number of nitrogens with one attached hydrogen (secondary N) is 2. The number of nitrogens with zero attached hydrogens (tertiary/aromatic N) is 2. The Hall–Kier alpha value is -2.67. The molecule has 142 valence electrons. The summed E-state index contributed by atoms with van der Waals surface area (Å²) in [5, 5.41) is 12.3. The molecular formula is C19H22ClN5O2. The van der Waals surface area contributed by atoms with Crippen molar-refractivity contribution in [2.75, 3.05) is 19.6 Å². The van der Waals surface area contributed by atoms with Gasteiger partial charge in [-0.1, -0.05) is 30.3 Å². The molecule has 4 N–H and O–H groups in total. The molecule has 2 aliphatic rings. The number of rotatable bonds is 6. The SMILES string of the molecule is C=CC(=O)N1CC(C2CCN=C(C(C(=N)c3ccc(Cl)cc3)C(N)=O)N2)C1. The van der Waals surface area contributed by atoms with E-state index >= 15 is 0 Å². The van der Waals surface area contributed by atoms with Gasteiger partial charge >= 0.3 is 0 Å². The zero-order valence-electron chi connectivity index (χ0n) is 14.8. The summed E-state index contributed by atoms with van der Waals surface area (Å²) in [5.74, 6) is -0.945. The van der Waals surface area contributed by atoms with Crippen molar-refractivity contribution >= 4 is 35.0 Å². The summed E-state index contributed by atoms with van der Waals surface area (Å²) < 4.78 is 0. The van der Waals surface area contributed by atoms with Gasteiger partial charge in [0.15, 0.2) is 0 Å². The van der Waals surface area contributed by atoms with E-state index < -0.39 is 11.8 Å². The Morgan fingerprint density at radius 3 is 2.63 bits per heavy atom. The van der Waals surface area contributed by atoms with Crippen LogP contribution in [0.4, 0.5) is 0 Å². The first-order valence-corrected chi connectivity index (χ1v) is 9.14. The lowest BCUT2D eigenvalue weighted by molar-refractivity contribution is -0.132. The second-order valence-corrected chi connectivity index (χ2v) is 7.21. The number of benzene rings is 1. The number of hydrogen-bond acceptors (Lipinski definition) is 5. The van der Waals surface area contributed by atoms with Crippen molar-refractivity contribution in [2.24, 2.45) is 22.6 Å². The van der Waals surface area contributed by atoms with Crippen LogP contribution >= 0.6 is 11.6 Å². The third kappa shape index (κ3) is 4.03. The molecule has 1 saturated heterocycles. The van der Waals surface area contributed by atoms with Gasteiger partial charge in [0.1, 0.15) is 11.8 Å². The highest BCUT2D eigenvalue weighted by atomic mass is 35.5. The maximum atomic E-state index is 12.1. The molecule has 0 aromatic heterocycles. The summed E-state index contributed by atoms with van der Waals surface area (Å²) in [5.41, 5.74) is 6.25. The lowest BCUT2D eigenvalue weighted by atomic mass is 9.86. The Labute approximate surface area is 162 Å². The molecule has 0 spiro atoms. The van der Waals surface area contributed by atoms with Gasteiger partial charge in [0.05, 0.1) is 5.71 Å². The Bertz CT molecular complexity index is 799. The Kier molecular flexibility index (Phi) is 5.60. The number of carbonyl (C=O) groups excluding carboxylic acids is 2. The predicted octanol–water partition coefficient (Wildman–Crippen LogP) is 1.21. The van der Waals surface area contributed by atoms with Crippen molar-refractivity contribution in [1.82, 2.24) is 10.2 Å². The number of amides is 2. The molecule has 0 radical (unpaired) electrons. The largest absolute Gasteiger partial charge is 0.370 e. The van der Waals surface area contributed by atoms with Crippen LogP contribution in [0, 0.1) is 17.2 Å². The van der Waals surface area contributed by atoms with Crippen LogP contribution in [0.3, 0.4) is 0 Å². The van der Waals surface area contributed by atoms with Gasteiger partial charge in [-0.25, -0.2) is 0 Å². The molecule has 2 aliphatic heterocycles. The molecule has 3 rings (SSSR count). The number of nitrogens with two attached hydrogens (primary N) is 1. The minimum Gasteiger partial charge on any atom is -0.370 e. The molecule has 1 fully saturated rings. The van der Waals surface area contributed by atoms with Gasteiger partial charge in [-0.3, -0.25) is 14.6 Å². The molecule has 1 aromatic rings. The lowest BCUT2D eigenvalue weighted by Gasteiger charge is -2.44. The highest BCUT2D eigenvalue weighted by Crippen LogP contribution is 2.24. The Morgan fingerprint density at radius 2 is 2.04 bits per heavy atom. The monoisotopic (exact) mass is 387 g/mol. The van der Waals surface area contributed by atoms with Gasteiger partial charge in [-0.05, 0) is 30.2 Å². The van der Waals surface area contributed by atoms with Crippen LogP contribution < -0.4 is 11.1 Å². The molecule has 8 heteroatoms. The van der Waals surface area contributed by atoms with Gasteiger partial charge in [-0.2, -0.15) is 0 Å². The van der Waals surface area contributed by atoms with E-state index in [0.29, 0.717) is 36.1 Å². The van der Waals surface area contributed by atoms with E-state index in [-0.39, 0.29) is 23.6 Å². The third-order valence-electron chi connectivity index (χ3n) is 5.02. The summed E-state index contributed by atoms with van der Waals surface area (Å²) in [6.45, 7) is 5.34. The van der Waals surface area contributed by atoms with Gasteiger partial charge in [-0.15, -0.1) is 0 Å². The van der Waals surface area contributed by atoms with E-state index in [4.69, 9.17) is 22.7 Å². The molecule has 2 amide bonds. The summed E-state index contributed by atoms with van der Waals surface area (Å²) in [6.07, 6.45) is 2.12. The number of hydrogen-bond donors (Lipinski definition) is 3. The van der Waals surface area contributed by atoms with Crippen LogP contribution in [0.25, 0.3) is 0 Å². The molecule has 7 nitrogen and oxygen atoms in total. The van der Waals surface area contributed by atoms with Crippen molar-refractivity contribution in [3.05, 3.63) is 47.5 Å². The first kappa shape index (κ1) is 19.1. The molecule has 0 saturated carbocycles. The first-order chi connectivity index (χ1) is 12.9. The fraction of sp³-hybridized carbons (Fsp3) is 0.368. The number of primary amides is 1. The summed E-state index contributed by atoms with van der Waals surface area (Å²) >= 11 is 5.90. The smallest absolute Gasteiger partial charge is 0.245 e. The highest BCUT2D eigenvalue weighted by Gasteiger charge is 2.39. The second kappa shape index (κ2) is 7.92. The van der Waals surface area contributed by atoms with E-state index in [1.165, 1.54) is 6.08 Å². The van der Waals surface area contributed by atoms with Gasteiger partial charge < -0.3 is 21.4 Å². The Morgan fingerprint density at radius 1 is 1.37 bits per heavy atom. The van der Waals surface area contributed by atoms with Gasteiger partial charge in [0, 0.05) is 36.6 Å². The van der Waals surface area contributed by atoms with Crippen LogP contribution in [0.1, 0.15) is 12.0 Å². The fourth-order valence-electron chi connectivity index (χ4n) is 3.45. The standard InChI is InChI=1S/C19H22ClN5O2/c1-2-15(26)25-9-12(10-25)14-7-8-23-19(24-14)16(18(22)27)17(21)11-3-5-13(20)6-4-11/h2-6,12,14,16,21H,1,7-10H2,(H2,22,27)(H,23,24). The molecule has 1 aromatic carbocycles. The van der Waals surface area contributed by atoms with Crippen molar-refractivity contribution in [1.29, 1.82) is 5.41 Å². The molecule has 0 bridgehead atoms. The van der Waals surface area contributed by atoms with E-state index in [0.717, 1.165) is 6.42 Å². The Balaban J connectivity index is 1.71. The van der Waals surface area contributed by atoms with E-state index in [1.807, 2.05) is 0 Å². The van der Waals surface area contributed by atoms with Crippen LogP contribution in [-0.4, -0.2) is 53.9 Å². The minimum atomic E-state index is -0.944. The van der Waals surface area contributed by atoms with Crippen molar-refractivity contribution < 1.29 is 9.59 Å². The number of carbonyl (C=O) groups is 2. The number of amidine groups is 1. The van der Waals surface area contributed by atoms with Crippen LogP contribution in [0.15, 0.2) is 41.9 Å². The molecule has 2 heterocycles. The molecule has 0 aliphatic carbocycles. The fourth-order valence-corrected chi connectivity index (χ4v) is 3.57. The second-order valence-electron chi connectivity index (χ2n) is 6.77. The number of halogens is 1. The van der Waals surface area contributed by atoms with Crippen LogP contribution in [0.2, 0.25) is 5.02 Å². The first-order valence-electron chi connectivity index (χ1n) is 8.76. The molecule has 27 heavy (non-hydrogen) atoms. The summed E-state index contributed by atoms with van der Waals surface area (Å²) in [7, 11) is 0. The molecule has 2 atom stereocenters. The average Bonchev–Trinajstić information content (AvgIpc) is 2.61. The number of likely N-dealkylation sites (tertiary alicyclic amines) is 1. The topological polar surface area (TPSA) is 112 Å². The summed E-state index contributed by atoms with van der Waals surface area (Å²) in [4.78, 5) is 29.9. The average molecular weight is 388 g/mol. The summed E-state index contributed by atoms with van der Waals surface area (Å²) in [6, 6.07) is 6.80. The van der Waals surface area contributed by atoms with Crippen LogP contribution in [-0.2, 0) is 9.59 Å². The molecular weight excluding hydrogens is 366 g/mol. The zero-order valence-corrected chi connectivity index (χ0v) is 15.6.